The molecule has 1 aliphatic rings. The topological polar surface area (TPSA) is 60.2 Å². The summed E-state index contributed by atoms with van der Waals surface area (Å²) in [5, 5.41) is 0.631. The van der Waals surface area contributed by atoms with Gasteiger partial charge in [0.1, 0.15) is 0 Å². The number of halogens is 1. The Balaban J connectivity index is 2.36. The number of nitrogens with one attached hydrogen (secondary N) is 1. The molecule has 2 heterocycles. The number of nitrogens with two attached hydrogens (primary N) is 1. The third-order valence-corrected chi connectivity index (χ3v) is 4.18. The number of nitrogens with zero attached hydrogens (tertiary/aromatic N) is 1. The Hall–Kier alpha value is -0.680. The summed E-state index contributed by atoms with van der Waals surface area (Å²) in [5.74, 6) is 6.02. The van der Waals surface area contributed by atoms with Crippen molar-refractivity contribution in [2.24, 2.45) is 11.8 Å². The average Bonchev–Trinajstić information content (AvgIpc) is 2.51. The van der Waals surface area contributed by atoms with Gasteiger partial charge in [-0.15, -0.1) is 0 Å². The van der Waals surface area contributed by atoms with E-state index in [4.69, 9.17) is 22.2 Å². The maximum Gasteiger partial charge on any atom is 0.0681 e. The number of ether oxygens (including phenoxy) is 1. The molecule has 0 spiro atoms. The van der Waals surface area contributed by atoms with Crippen molar-refractivity contribution in [2.45, 2.75) is 51.4 Å². The highest BCUT2D eigenvalue weighted by Crippen LogP contribution is 2.48. The van der Waals surface area contributed by atoms with Crippen LogP contribution in [0.25, 0.3) is 0 Å². The van der Waals surface area contributed by atoms with Crippen molar-refractivity contribution in [2.75, 3.05) is 0 Å². The van der Waals surface area contributed by atoms with Crippen LogP contribution in [0.4, 0.5) is 0 Å². The van der Waals surface area contributed by atoms with Crippen LogP contribution in [-0.4, -0.2) is 16.2 Å². The Morgan fingerprint density at radius 3 is 2.63 bits per heavy atom. The van der Waals surface area contributed by atoms with Gasteiger partial charge < -0.3 is 4.74 Å². The molecule has 0 aromatic carbocycles. The van der Waals surface area contributed by atoms with Gasteiger partial charge in [-0.3, -0.25) is 16.3 Å². The van der Waals surface area contributed by atoms with Crippen molar-refractivity contribution in [1.29, 1.82) is 0 Å². The lowest BCUT2D eigenvalue weighted by Gasteiger charge is -2.33. The minimum Gasteiger partial charge on any atom is -0.369 e. The first-order valence-electron chi connectivity index (χ1n) is 6.52. The molecule has 0 amide bonds. The van der Waals surface area contributed by atoms with Gasteiger partial charge >= 0.3 is 0 Å². The van der Waals surface area contributed by atoms with Crippen molar-refractivity contribution < 1.29 is 4.74 Å². The molecule has 0 radical (unpaired) electrons. The van der Waals surface area contributed by atoms with Gasteiger partial charge in [-0.1, -0.05) is 11.6 Å². The molecule has 4 nitrogen and oxygen atoms in total. The Kier molecular flexibility index (Phi) is 3.89. The van der Waals surface area contributed by atoms with Crippen LogP contribution >= 0.6 is 11.6 Å². The Labute approximate surface area is 119 Å². The standard InChI is InChI=1S/C14H22ClN3O/c1-13(2)7-10(14(3,4)19-13)12(18-16)9-5-6-17-8-11(9)15/h5-6,8,10,12,18H,7,16H2,1-4H3. The monoisotopic (exact) mass is 283 g/mol. The molecule has 0 aliphatic carbocycles. The SMILES string of the molecule is CC1(C)CC(C(NN)c2ccncc2Cl)C(C)(C)O1. The van der Waals surface area contributed by atoms with E-state index in [1.807, 2.05) is 6.07 Å². The van der Waals surface area contributed by atoms with E-state index < -0.39 is 0 Å². The molecule has 1 aliphatic heterocycles. The second kappa shape index (κ2) is 5.02. The zero-order chi connectivity index (χ0) is 14.3. The van der Waals surface area contributed by atoms with Crippen LogP contribution in [0, 0.1) is 5.92 Å². The van der Waals surface area contributed by atoms with Crippen LogP contribution in [0.1, 0.15) is 45.7 Å². The van der Waals surface area contributed by atoms with E-state index in [0.29, 0.717) is 5.02 Å². The molecule has 1 aromatic rings. The van der Waals surface area contributed by atoms with E-state index in [1.165, 1.54) is 0 Å². The lowest BCUT2D eigenvalue weighted by atomic mass is 9.79. The largest absolute Gasteiger partial charge is 0.369 e. The zero-order valence-electron chi connectivity index (χ0n) is 11.9. The molecule has 1 aromatic heterocycles. The van der Waals surface area contributed by atoms with Crippen molar-refractivity contribution in [3.8, 4) is 0 Å². The maximum atomic E-state index is 6.24. The van der Waals surface area contributed by atoms with Gasteiger partial charge in [0.2, 0.25) is 0 Å². The van der Waals surface area contributed by atoms with Crippen LogP contribution < -0.4 is 11.3 Å². The predicted molar refractivity (Wildman–Crippen MR) is 76.7 cm³/mol. The van der Waals surface area contributed by atoms with Crippen LogP contribution in [0.2, 0.25) is 5.02 Å². The van der Waals surface area contributed by atoms with E-state index in [-0.39, 0.29) is 23.2 Å². The van der Waals surface area contributed by atoms with Gasteiger partial charge in [-0.2, -0.15) is 0 Å². The van der Waals surface area contributed by atoms with Gasteiger partial charge in [-0.25, -0.2) is 0 Å². The number of hydrogen-bond donors (Lipinski definition) is 2. The summed E-state index contributed by atoms with van der Waals surface area (Å²) in [6.45, 7) is 8.42. The van der Waals surface area contributed by atoms with Crippen molar-refractivity contribution in [1.82, 2.24) is 10.4 Å². The Morgan fingerprint density at radius 1 is 1.47 bits per heavy atom. The fraction of sp³-hybridized carbons (Fsp3) is 0.643. The minimum absolute atomic E-state index is 0.0488. The van der Waals surface area contributed by atoms with Crippen molar-refractivity contribution >= 4 is 11.6 Å². The number of rotatable bonds is 3. The van der Waals surface area contributed by atoms with Gasteiger partial charge in [0, 0.05) is 18.3 Å². The van der Waals surface area contributed by atoms with Crippen LogP contribution in [-0.2, 0) is 4.74 Å². The molecule has 2 rings (SSSR count). The van der Waals surface area contributed by atoms with Crippen LogP contribution in [0.5, 0.6) is 0 Å². The molecular weight excluding hydrogens is 262 g/mol. The zero-order valence-corrected chi connectivity index (χ0v) is 12.7. The number of hydrazine groups is 1. The summed E-state index contributed by atoms with van der Waals surface area (Å²) in [4.78, 5) is 4.02. The Morgan fingerprint density at radius 2 is 2.16 bits per heavy atom. The summed E-state index contributed by atoms with van der Waals surface area (Å²) in [7, 11) is 0. The van der Waals surface area contributed by atoms with E-state index in [2.05, 4.69) is 38.1 Å². The maximum absolute atomic E-state index is 6.24. The number of pyridine rings is 1. The third-order valence-electron chi connectivity index (χ3n) is 3.86. The first kappa shape index (κ1) is 14.7. The normalized spacial score (nSPS) is 26.3. The van der Waals surface area contributed by atoms with Crippen molar-refractivity contribution in [3.63, 3.8) is 0 Å². The summed E-state index contributed by atoms with van der Waals surface area (Å²) >= 11 is 6.24. The lowest BCUT2D eigenvalue weighted by Crippen LogP contribution is -2.41. The molecule has 1 fully saturated rings. The van der Waals surface area contributed by atoms with Gasteiger partial charge in [0.25, 0.3) is 0 Å². The molecule has 5 heteroatoms. The highest BCUT2D eigenvalue weighted by atomic mass is 35.5. The van der Waals surface area contributed by atoms with E-state index in [1.54, 1.807) is 12.4 Å². The fourth-order valence-corrected chi connectivity index (χ4v) is 3.42. The molecule has 1 saturated heterocycles. The predicted octanol–water partition coefficient (Wildman–Crippen LogP) is 2.83. The van der Waals surface area contributed by atoms with Crippen LogP contribution in [0.3, 0.4) is 0 Å². The molecule has 0 bridgehead atoms. The molecular formula is C14H22ClN3O. The Bertz CT molecular complexity index is 462. The number of hydrogen-bond acceptors (Lipinski definition) is 4. The molecule has 0 saturated carbocycles. The quantitative estimate of drug-likeness (QED) is 0.661. The second-order valence-electron chi connectivity index (χ2n) is 6.32. The highest BCUT2D eigenvalue weighted by molar-refractivity contribution is 6.31. The fourth-order valence-electron chi connectivity index (χ4n) is 3.18. The van der Waals surface area contributed by atoms with Gasteiger partial charge in [0.15, 0.2) is 0 Å². The minimum atomic E-state index is -0.257. The van der Waals surface area contributed by atoms with E-state index in [0.717, 1.165) is 12.0 Å². The molecule has 2 unspecified atom stereocenters. The van der Waals surface area contributed by atoms with Gasteiger partial charge in [0.05, 0.1) is 22.3 Å². The van der Waals surface area contributed by atoms with Crippen LogP contribution in [0.15, 0.2) is 18.5 Å². The first-order chi connectivity index (χ1) is 8.77. The first-order valence-corrected chi connectivity index (χ1v) is 6.90. The average molecular weight is 284 g/mol. The highest BCUT2D eigenvalue weighted by Gasteiger charge is 2.49. The van der Waals surface area contributed by atoms with E-state index in [9.17, 15) is 0 Å². The number of aromatic nitrogens is 1. The summed E-state index contributed by atoms with van der Waals surface area (Å²) in [6, 6.07) is 1.86. The van der Waals surface area contributed by atoms with Crippen molar-refractivity contribution in [3.05, 3.63) is 29.0 Å². The summed E-state index contributed by atoms with van der Waals surface area (Å²) < 4.78 is 6.14. The third kappa shape index (κ3) is 2.92. The second-order valence-corrected chi connectivity index (χ2v) is 6.72. The molecule has 3 N–H and O–H groups in total. The molecule has 106 valence electrons. The lowest BCUT2D eigenvalue weighted by molar-refractivity contribution is -0.0779. The smallest absolute Gasteiger partial charge is 0.0681 e. The molecule has 2 atom stereocenters. The van der Waals surface area contributed by atoms with E-state index >= 15 is 0 Å². The summed E-state index contributed by atoms with van der Waals surface area (Å²) in [6.07, 6.45) is 4.31. The summed E-state index contributed by atoms with van der Waals surface area (Å²) in [5.41, 5.74) is 3.47. The molecule has 19 heavy (non-hydrogen) atoms. The van der Waals surface area contributed by atoms with Gasteiger partial charge in [-0.05, 0) is 45.7 Å².